The standard InChI is InChI=1S/C17H23FN4O2/c1-20(2)16(13-6-4-5-7-14(13)18)17(24)22(10-11-23)12-15-19-8-9-21(15)3/h4-9,16,23H,10-12H2,1-3H3/t16-/m1/s1. The van der Waals surface area contributed by atoms with E-state index in [1.54, 1.807) is 49.6 Å². The van der Waals surface area contributed by atoms with Crippen LogP contribution in [-0.2, 0) is 18.4 Å². The zero-order valence-corrected chi connectivity index (χ0v) is 14.2. The summed E-state index contributed by atoms with van der Waals surface area (Å²) in [5.41, 5.74) is 0.315. The van der Waals surface area contributed by atoms with Crippen molar-refractivity contribution in [2.24, 2.45) is 7.05 Å². The van der Waals surface area contributed by atoms with E-state index >= 15 is 0 Å². The third kappa shape index (κ3) is 3.98. The zero-order chi connectivity index (χ0) is 17.7. The summed E-state index contributed by atoms with van der Waals surface area (Å²) in [7, 11) is 5.30. The maximum absolute atomic E-state index is 14.2. The van der Waals surface area contributed by atoms with Gasteiger partial charge in [0.05, 0.1) is 13.2 Å². The minimum absolute atomic E-state index is 0.157. The maximum atomic E-state index is 14.2. The summed E-state index contributed by atoms with van der Waals surface area (Å²) < 4.78 is 16.0. The molecule has 1 amide bonds. The van der Waals surface area contributed by atoms with E-state index in [1.165, 1.54) is 11.0 Å². The van der Waals surface area contributed by atoms with Crippen LogP contribution in [0, 0.1) is 5.82 Å². The van der Waals surface area contributed by atoms with E-state index in [0.717, 1.165) is 0 Å². The van der Waals surface area contributed by atoms with Gasteiger partial charge in [-0.2, -0.15) is 0 Å². The van der Waals surface area contributed by atoms with E-state index < -0.39 is 11.9 Å². The van der Waals surface area contributed by atoms with Gasteiger partial charge < -0.3 is 14.6 Å². The van der Waals surface area contributed by atoms with Crippen molar-refractivity contribution in [1.29, 1.82) is 0 Å². The van der Waals surface area contributed by atoms with E-state index in [9.17, 15) is 14.3 Å². The van der Waals surface area contributed by atoms with Crippen LogP contribution in [0.4, 0.5) is 4.39 Å². The number of nitrogens with zero attached hydrogens (tertiary/aromatic N) is 4. The SMILES string of the molecule is CN(C)[C@@H](C(=O)N(CCO)Cc1nccn1C)c1ccccc1F. The topological polar surface area (TPSA) is 61.6 Å². The number of amides is 1. The Bertz CT molecular complexity index is 687. The number of carbonyl (C=O) groups is 1. The molecule has 7 heteroatoms. The number of imidazole rings is 1. The highest BCUT2D eigenvalue weighted by Crippen LogP contribution is 2.24. The molecule has 1 N–H and O–H groups in total. The molecule has 0 saturated carbocycles. The number of hydrogen-bond acceptors (Lipinski definition) is 4. The number of benzene rings is 1. The first-order valence-electron chi connectivity index (χ1n) is 7.72. The molecular formula is C17H23FN4O2. The monoisotopic (exact) mass is 334 g/mol. The van der Waals surface area contributed by atoms with Crippen molar-refractivity contribution in [3.8, 4) is 0 Å². The Balaban J connectivity index is 2.31. The Morgan fingerprint density at radius 1 is 1.38 bits per heavy atom. The van der Waals surface area contributed by atoms with Gasteiger partial charge in [0.1, 0.15) is 17.7 Å². The van der Waals surface area contributed by atoms with E-state index in [4.69, 9.17) is 0 Å². The molecule has 0 unspecified atom stereocenters. The molecule has 0 saturated heterocycles. The molecule has 130 valence electrons. The van der Waals surface area contributed by atoms with Gasteiger partial charge in [0.15, 0.2) is 0 Å². The van der Waals surface area contributed by atoms with Crippen molar-refractivity contribution >= 4 is 5.91 Å². The highest BCUT2D eigenvalue weighted by Gasteiger charge is 2.30. The molecule has 0 radical (unpaired) electrons. The van der Waals surface area contributed by atoms with Crippen molar-refractivity contribution < 1.29 is 14.3 Å². The van der Waals surface area contributed by atoms with Crippen molar-refractivity contribution in [1.82, 2.24) is 19.4 Å². The number of carbonyl (C=O) groups excluding carboxylic acids is 1. The van der Waals surface area contributed by atoms with E-state index in [1.807, 2.05) is 11.6 Å². The Morgan fingerprint density at radius 3 is 2.62 bits per heavy atom. The van der Waals surface area contributed by atoms with Crippen molar-refractivity contribution in [2.75, 3.05) is 27.2 Å². The molecule has 1 heterocycles. The lowest BCUT2D eigenvalue weighted by atomic mass is 10.0. The van der Waals surface area contributed by atoms with Gasteiger partial charge in [-0.05, 0) is 20.2 Å². The van der Waals surface area contributed by atoms with Gasteiger partial charge in [-0.25, -0.2) is 9.37 Å². The fourth-order valence-electron chi connectivity index (χ4n) is 2.61. The predicted octanol–water partition coefficient (Wildman–Crippen LogP) is 1.18. The highest BCUT2D eigenvalue weighted by atomic mass is 19.1. The second kappa shape index (κ2) is 8.03. The molecule has 1 aromatic carbocycles. The predicted molar refractivity (Wildman–Crippen MR) is 88.5 cm³/mol. The van der Waals surface area contributed by atoms with Crippen LogP contribution < -0.4 is 0 Å². The molecule has 0 fully saturated rings. The van der Waals surface area contributed by atoms with Crippen LogP contribution in [0.15, 0.2) is 36.7 Å². The quantitative estimate of drug-likeness (QED) is 0.826. The molecule has 2 rings (SSSR count). The van der Waals surface area contributed by atoms with Crippen molar-refractivity contribution in [2.45, 2.75) is 12.6 Å². The molecule has 1 aromatic heterocycles. The van der Waals surface area contributed by atoms with E-state index in [2.05, 4.69) is 4.98 Å². The number of aliphatic hydroxyl groups is 1. The van der Waals surface area contributed by atoms with Crippen LogP contribution in [0.5, 0.6) is 0 Å². The lowest BCUT2D eigenvalue weighted by Gasteiger charge is -2.30. The van der Waals surface area contributed by atoms with Crippen LogP contribution in [0.3, 0.4) is 0 Å². The van der Waals surface area contributed by atoms with Crippen LogP contribution in [0.1, 0.15) is 17.4 Å². The fourth-order valence-corrected chi connectivity index (χ4v) is 2.61. The van der Waals surface area contributed by atoms with Crippen LogP contribution in [0.25, 0.3) is 0 Å². The fraction of sp³-hybridized carbons (Fsp3) is 0.412. The van der Waals surface area contributed by atoms with Gasteiger partial charge in [0.2, 0.25) is 5.91 Å². The van der Waals surface area contributed by atoms with Crippen molar-refractivity contribution in [3.63, 3.8) is 0 Å². The number of rotatable bonds is 7. The first kappa shape index (κ1) is 18.1. The van der Waals surface area contributed by atoms with Crippen molar-refractivity contribution in [3.05, 3.63) is 53.9 Å². The summed E-state index contributed by atoms with van der Waals surface area (Å²) >= 11 is 0. The minimum atomic E-state index is -0.766. The third-order valence-electron chi connectivity index (χ3n) is 3.88. The maximum Gasteiger partial charge on any atom is 0.245 e. The molecule has 1 atom stereocenters. The molecule has 6 nitrogen and oxygen atoms in total. The zero-order valence-electron chi connectivity index (χ0n) is 14.2. The molecule has 0 aliphatic rings. The number of hydrogen-bond donors (Lipinski definition) is 1. The van der Waals surface area contributed by atoms with Gasteiger partial charge in [0, 0.05) is 31.5 Å². The van der Waals surface area contributed by atoms with Gasteiger partial charge in [-0.1, -0.05) is 18.2 Å². The van der Waals surface area contributed by atoms with Crippen LogP contribution in [-0.4, -0.2) is 57.6 Å². The van der Waals surface area contributed by atoms with Crippen LogP contribution in [0.2, 0.25) is 0 Å². The summed E-state index contributed by atoms with van der Waals surface area (Å²) in [5.74, 6) is -0.00419. The Morgan fingerprint density at radius 2 is 2.08 bits per heavy atom. The lowest BCUT2D eigenvalue weighted by Crippen LogP contribution is -2.42. The molecule has 2 aromatic rings. The first-order valence-corrected chi connectivity index (χ1v) is 7.72. The molecule has 0 bridgehead atoms. The van der Waals surface area contributed by atoms with Gasteiger partial charge in [-0.3, -0.25) is 9.69 Å². The molecular weight excluding hydrogens is 311 g/mol. The normalized spacial score (nSPS) is 12.4. The number of aromatic nitrogens is 2. The lowest BCUT2D eigenvalue weighted by molar-refractivity contribution is -0.137. The number of likely N-dealkylation sites (N-methyl/N-ethyl adjacent to an activating group) is 1. The smallest absolute Gasteiger partial charge is 0.245 e. The van der Waals surface area contributed by atoms with E-state index in [0.29, 0.717) is 11.4 Å². The Hall–Kier alpha value is -2.25. The first-order chi connectivity index (χ1) is 11.5. The van der Waals surface area contributed by atoms with Gasteiger partial charge in [0.25, 0.3) is 0 Å². The summed E-state index contributed by atoms with van der Waals surface area (Å²) in [4.78, 5) is 20.4. The average Bonchev–Trinajstić information content (AvgIpc) is 2.93. The second-order valence-corrected chi connectivity index (χ2v) is 5.83. The number of aliphatic hydroxyl groups excluding tert-OH is 1. The third-order valence-corrected chi connectivity index (χ3v) is 3.88. The molecule has 24 heavy (non-hydrogen) atoms. The molecule has 0 aliphatic heterocycles. The Labute approximate surface area is 141 Å². The summed E-state index contributed by atoms with van der Waals surface area (Å²) in [6.45, 7) is 0.236. The molecule has 0 aliphatic carbocycles. The minimum Gasteiger partial charge on any atom is -0.395 e. The average molecular weight is 334 g/mol. The molecule has 0 spiro atoms. The summed E-state index contributed by atoms with van der Waals surface area (Å²) in [6.07, 6.45) is 3.44. The van der Waals surface area contributed by atoms with Crippen LogP contribution >= 0.6 is 0 Å². The van der Waals surface area contributed by atoms with Gasteiger partial charge in [-0.15, -0.1) is 0 Å². The summed E-state index contributed by atoms with van der Waals surface area (Å²) in [5, 5.41) is 9.32. The highest BCUT2D eigenvalue weighted by molar-refractivity contribution is 5.83. The number of halogens is 1. The Kier molecular flexibility index (Phi) is 6.05. The summed E-state index contributed by atoms with van der Waals surface area (Å²) in [6, 6.07) is 5.48. The van der Waals surface area contributed by atoms with Gasteiger partial charge >= 0.3 is 0 Å². The second-order valence-electron chi connectivity index (χ2n) is 5.83. The largest absolute Gasteiger partial charge is 0.395 e. The number of aryl methyl sites for hydroxylation is 1. The van der Waals surface area contributed by atoms with E-state index in [-0.39, 0.29) is 25.6 Å².